The summed E-state index contributed by atoms with van der Waals surface area (Å²) in [4.78, 5) is 10.4. The molecular weight excluding hydrogens is 453 g/mol. The first-order chi connectivity index (χ1) is 12.9. The summed E-state index contributed by atoms with van der Waals surface area (Å²) in [7, 11) is 0. The van der Waals surface area contributed by atoms with Crippen molar-refractivity contribution in [2.24, 2.45) is 0 Å². The Kier molecular flexibility index (Phi) is 5.42. The van der Waals surface area contributed by atoms with Crippen molar-refractivity contribution in [1.82, 2.24) is 4.57 Å². The molecule has 3 aromatic rings. The Bertz CT molecular complexity index is 1090. The zero-order valence-electron chi connectivity index (χ0n) is 14.8. The molecule has 6 heteroatoms. The number of aryl methyl sites for hydroxylation is 1. The zero-order chi connectivity index (χ0) is 19.6. The highest BCUT2D eigenvalue weighted by Gasteiger charge is 2.12. The Hall–Kier alpha value is -2.92. The van der Waals surface area contributed by atoms with E-state index in [1.54, 1.807) is 12.1 Å². The highest BCUT2D eigenvalue weighted by atomic mass is 127. The number of nitriles is 1. The van der Waals surface area contributed by atoms with E-state index >= 15 is 0 Å². The van der Waals surface area contributed by atoms with E-state index in [1.165, 1.54) is 12.1 Å². The van der Waals surface area contributed by atoms with Crippen LogP contribution in [0.25, 0.3) is 17.3 Å². The molecule has 0 radical (unpaired) electrons. The van der Waals surface area contributed by atoms with E-state index < -0.39 is 4.92 Å². The molecule has 134 valence electrons. The van der Waals surface area contributed by atoms with Crippen molar-refractivity contribution in [3.05, 3.63) is 90.8 Å². The van der Waals surface area contributed by atoms with E-state index in [1.807, 2.05) is 38.1 Å². The molecule has 0 aliphatic carbocycles. The maximum atomic E-state index is 10.8. The van der Waals surface area contributed by atoms with E-state index in [2.05, 4.69) is 45.4 Å². The minimum absolute atomic E-state index is 0.00731. The molecule has 0 atom stereocenters. The molecule has 0 aliphatic rings. The van der Waals surface area contributed by atoms with E-state index in [4.69, 9.17) is 0 Å². The second kappa shape index (κ2) is 7.76. The number of nitro groups is 1. The Morgan fingerprint density at radius 1 is 1.19 bits per heavy atom. The van der Waals surface area contributed by atoms with Crippen LogP contribution in [0.3, 0.4) is 0 Å². The van der Waals surface area contributed by atoms with E-state index in [9.17, 15) is 15.4 Å². The molecule has 0 amide bonds. The number of nitro benzene ring substituents is 1. The van der Waals surface area contributed by atoms with Gasteiger partial charge in [-0.25, -0.2) is 0 Å². The Labute approximate surface area is 170 Å². The zero-order valence-corrected chi connectivity index (χ0v) is 17.0. The van der Waals surface area contributed by atoms with Gasteiger partial charge in [0.1, 0.15) is 0 Å². The number of hydrogen-bond donors (Lipinski definition) is 0. The fourth-order valence-electron chi connectivity index (χ4n) is 3.04. The van der Waals surface area contributed by atoms with Crippen LogP contribution in [0, 0.1) is 38.9 Å². The van der Waals surface area contributed by atoms with Crippen LogP contribution in [0.15, 0.2) is 54.6 Å². The van der Waals surface area contributed by atoms with Crippen LogP contribution in [0.1, 0.15) is 22.5 Å². The predicted molar refractivity (Wildman–Crippen MR) is 115 cm³/mol. The molecule has 0 saturated heterocycles. The van der Waals surface area contributed by atoms with Gasteiger partial charge in [0.2, 0.25) is 0 Å². The Morgan fingerprint density at radius 3 is 2.48 bits per heavy atom. The van der Waals surface area contributed by atoms with Gasteiger partial charge in [0.05, 0.1) is 16.6 Å². The molecule has 0 spiro atoms. The van der Waals surface area contributed by atoms with Crippen molar-refractivity contribution in [3.8, 4) is 11.8 Å². The molecule has 1 aromatic heterocycles. The number of nitrogens with zero attached hydrogens (tertiary/aromatic N) is 3. The topological polar surface area (TPSA) is 71.9 Å². The van der Waals surface area contributed by atoms with Crippen molar-refractivity contribution >= 4 is 39.9 Å². The first kappa shape index (κ1) is 18.9. The summed E-state index contributed by atoms with van der Waals surface area (Å²) in [5, 5.41) is 20.4. The van der Waals surface area contributed by atoms with Gasteiger partial charge in [0.25, 0.3) is 5.69 Å². The van der Waals surface area contributed by atoms with Gasteiger partial charge in [0, 0.05) is 32.8 Å². The molecule has 1 heterocycles. The van der Waals surface area contributed by atoms with E-state index in [0.29, 0.717) is 11.1 Å². The SMILES string of the molecule is Cc1cc(/C=C(/C#N)c2ccc([N+](=O)[O-])cc2)c(C)n1-c1cccc(I)c1. The number of halogens is 1. The highest BCUT2D eigenvalue weighted by Crippen LogP contribution is 2.26. The molecule has 0 unspecified atom stereocenters. The van der Waals surface area contributed by atoms with Crippen molar-refractivity contribution in [2.45, 2.75) is 13.8 Å². The minimum Gasteiger partial charge on any atom is -0.318 e. The normalized spacial score (nSPS) is 11.3. The molecule has 0 N–H and O–H groups in total. The predicted octanol–water partition coefficient (Wildman–Crippen LogP) is 5.67. The third kappa shape index (κ3) is 3.93. The molecule has 0 fully saturated rings. The van der Waals surface area contributed by atoms with Crippen molar-refractivity contribution < 1.29 is 4.92 Å². The minimum atomic E-state index is -0.450. The molecule has 0 saturated carbocycles. The van der Waals surface area contributed by atoms with Crippen molar-refractivity contribution in [1.29, 1.82) is 5.26 Å². The third-order valence-corrected chi connectivity index (χ3v) is 5.02. The van der Waals surface area contributed by atoms with Gasteiger partial charge < -0.3 is 4.57 Å². The van der Waals surface area contributed by atoms with Gasteiger partial charge in [-0.3, -0.25) is 10.1 Å². The van der Waals surface area contributed by atoms with Crippen LogP contribution in [-0.4, -0.2) is 9.49 Å². The number of aromatic nitrogens is 1. The number of rotatable bonds is 4. The van der Waals surface area contributed by atoms with Gasteiger partial charge >= 0.3 is 0 Å². The molecule has 3 rings (SSSR count). The van der Waals surface area contributed by atoms with Crippen LogP contribution < -0.4 is 0 Å². The monoisotopic (exact) mass is 469 g/mol. The quantitative estimate of drug-likeness (QED) is 0.214. The molecule has 0 aliphatic heterocycles. The van der Waals surface area contributed by atoms with Gasteiger partial charge in [-0.1, -0.05) is 6.07 Å². The van der Waals surface area contributed by atoms with Crippen LogP contribution in [0.4, 0.5) is 5.69 Å². The van der Waals surface area contributed by atoms with Crippen LogP contribution in [0.2, 0.25) is 0 Å². The van der Waals surface area contributed by atoms with Gasteiger partial charge in [-0.2, -0.15) is 5.26 Å². The Balaban J connectivity index is 2.04. The van der Waals surface area contributed by atoms with E-state index in [0.717, 1.165) is 26.2 Å². The lowest BCUT2D eigenvalue weighted by Gasteiger charge is -2.10. The third-order valence-electron chi connectivity index (χ3n) is 4.35. The first-order valence-corrected chi connectivity index (χ1v) is 9.30. The molecule has 2 aromatic carbocycles. The second-order valence-electron chi connectivity index (χ2n) is 6.12. The van der Waals surface area contributed by atoms with Crippen LogP contribution >= 0.6 is 22.6 Å². The first-order valence-electron chi connectivity index (χ1n) is 8.22. The fraction of sp³-hybridized carbons (Fsp3) is 0.0952. The average Bonchev–Trinajstić information content (AvgIpc) is 2.93. The van der Waals surface area contributed by atoms with Crippen LogP contribution in [-0.2, 0) is 0 Å². The lowest BCUT2D eigenvalue weighted by atomic mass is 10.0. The summed E-state index contributed by atoms with van der Waals surface area (Å²) in [5.41, 5.74) is 5.25. The standard InChI is InChI=1S/C21H16IN3O2/c1-14-10-17(15(2)24(14)21-5-3-4-19(22)12-21)11-18(13-23)16-6-8-20(9-7-16)25(26)27/h3-12H,1-2H3/b18-11-. The number of non-ortho nitro benzene ring substituents is 1. The average molecular weight is 469 g/mol. The summed E-state index contributed by atoms with van der Waals surface area (Å²) in [6, 6.07) is 18.5. The summed E-state index contributed by atoms with van der Waals surface area (Å²) < 4.78 is 3.30. The maximum absolute atomic E-state index is 10.8. The molecule has 0 bridgehead atoms. The highest BCUT2D eigenvalue weighted by molar-refractivity contribution is 14.1. The van der Waals surface area contributed by atoms with Crippen LogP contribution in [0.5, 0.6) is 0 Å². The van der Waals surface area contributed by atoms with Gasteiger partial charge in [0.15, 0.2) is 0 Å². The Morgan fingerprint density at radius 2 is 1.89 bits per heavy atom. The summed E-state index contributed by atoms with van der Waals surface area (Å²) in [6.07, 6.45) is 1.83. The van der Waals surface area contributed by atoms with E-state index in [-0.39, 0.29) is 5.69 Å². The second-order valence-corrected chi connectivity index (χ2v) is 7.36. The molecular formula is C21H16IN3O2. The maximum Gasteiger partial charge on any atom is 0.269 e. The summed E-state index contributed by atoms with van der Waals surface area (Å²) in [5.74, 6) is 0. The van der Waals surface area contributed by atoms with Gasteiger partial charge in [-0.15, -0.1) is 0 Å². The largest absolute Gasteiger partial charge is 0.318 e. The van der Waals surface area contributed by atoms with Crippen molar-refractivity contribution in [2.75, 3.05) is 0 Å². The summed E-state index contributed by atoms with van der Waals surface area (Å²) in [6.45, 7) is 4.05. The van der Waals surface area contributed by atoms with Gasteiger partial charge in [-0.05, 0) is 90.0 Å². The number of allylic oxidation sites excluding steroid dienone is 1. The lowest BCUT2D eigenvalue weighted by molar-refractivity contribution is -0.384. The molecule has 27 heavy (non-hydrogen) atoms. The number of hydrogen-bond acceptors (Lipinski definition) is 3. The smallest absolute Gasteiger partial charge is 0.269 e. The fourth-order valence-corrected chi connectivity index (χ4v) is 3.57. The molecule has 5 nitrogen and oxygen atoms in total. The lowest BCUT2D eigenvalue weighted by Crippen LogP contribution is -1.99. The van der Waals surface area contributed by atoms with Crippen molar-refractivity contribution in [3.63, 3.8) is 0 Å². The number of benzene rings is 2. The summed E-state index contributed by atoms with van der Waals surface area (Å²) >= 11 is 2.29.